The molecule has 0 spiro atoms. The third-order valence-corrected chi connectivity index (χ3v) is 3.91. The lowest BCUT2D eigenvalue weighted by atomic mass is 10.1. The highest BCUT2D eigenvalue weighted by molar-refractivity contribution is 5.82. The molecule has 1 aromatic heterocycles. The van der Waals surface area contributed by atoms with Crippen LogP contribution in [-0.4, -0.2) is 24.2 Å². The second-order valence-corrected chi connectivity index (χ2v) is 5.54. The van der Waals surface area contributed by atoms with Crippen LogP contribution in [-0.2, 0) is 11.3 Å². The first-order valence-corrected chi connectivity index (χ1v) is 7.50. The normalized spacial score (nSPS) is 18.8. The highest BCUT2D eigenvalue weighted by atomic mass is 16.5. The van der Waals surface area contributed by atoms with E-state index in [0.717, 1.165) is 37.3 Å². The molecule has 20 heavy (non-hydrogen) atoms. The van der Waals surface area contributed by atoms with Crippen molar-refractivity contribution in [2.24, 2.45) is 0 Å². The monoisotopic (exact) mass is 270 g/mol. The Balaban J connectivity index is 1.61. The van der Waals surface area contributed by atoms with Crippen molar-refractivity contribution in [1.29, 1.82) is 0 Å². The number of benzene rings is 1. The van der Waals surface area contributed by atoms with Crippen LogP contribution in [0.3, 0.4) is 0 Å². The van der Waals surface area contributed by atoms with Crippen molar-refractivity contribution in [3.05, 3.63) is 41.6 Å². The van der Waals surface area contributed by atoms with Gasteiger partial charge in [-0.2, -0.15) is 0 Å². The fourth-order valence-corrected chi connectivity index (χ4v) is 2.90. The van der Waals surface area contributed by atoms with E-state index in [1.165, 1.54) is 23.8 Å². The van der Waals surface area contributed by atoms with Crippen molar-refractivity contribution < 1.29 is 4.74 Å². The second kappa shape index (κ2) is 6.33. The topological polar surface area (TPSA) is 34.1 Å². The van der Waals surface area contributed by atoms with E-state index in [2.05, 4.69) is 41.5 Å². The zero-order valence-corrected chi connectivity index (χ0v) is 12.1. The number of ether oxygens (including phenoxy) is 1. The molecule has 1 N–H and O–H groups in total. The molecule has 2 heterocycles. The van der Waals surface area contributed by atoms with Gasteiger partial charge in [0.05, 0.1) is 11.6 Å². The Kier molecular flexibility index (Phi) is 4.28. The second-order valence-electron chi connectivity index (χ2n) is 5.54. The van der Waals surface area contributed by atoms with Crippen molar-refractivity contribution in [2.45, 2.75) is 38.8 Å². The maximum absolute atomic E-state index is 5.64. The third-order valence-electron chi connectivity index (χ3n) is 3.91. The number of para-hydroxylation sites is 1. The van der Waals surface area contributed by atoms with E-state index >= 15 is 0 Å². The Morgan fingerprint density at radius 1 is 1.35 bits per heavy atom. The van der Waals surface area contributed by atoms with Gasteiger partial charge in [-0.1, -0.05) is 18.2 Å². The Hall–Kier alpha value is -1.45. The highest BCUT2D eigenvalue weighted by Gasteiger charge is 2.14. The predicted octanol–water partition coefficient (Wildman–Crippen LogP) is 3.20. The van der Waals surface area contributed by atoms with Crippen LogP contribution in [0.25, 0.3) is 10.9 Å². The molecule has 1 aromatic carbocycles. The fraction of sp³-hybridized carbons (Fsp3) is 0.471. The average molecular weight is 270 g/mol. The molecule has 106 valence electrons. The fourth-order valence-electron chi connectivity index (χ4n) is 2.90. The molecule has 1 atom stereocenters. The number of hydrogen-bond donors (Lipinski definition) is 1. The van der Waals surface area contributed by atoms with E-state index < -0.39 is 0 Å². The Morgan fingerprint density at radius 3 is 3.10 bits per heavy atom. The molecule has 0 radical (unpaired) electrons. The molecule has 1 unspecified atom stereocenters. The molecule has 0 amide bonds. The SMILES string of the molecule is Cc1cc(CNCCC2CCCO2)c2ccccc2n1. The number of aromatic nitrogens is 1. The summed E-state index contributed by atoms with van der Waals surface area (Å²) in [5, 5.41) is 4.79. The molecule has 0 bridgehead atoms. The standard InChI is InChI=1S/C17H22N2O/c1-13-11-14(16-6-2-3-7-17(16)19-13)12-18-9-8-15-5-4-10-20-15/h2-3,6-7,11,15,18H,4-5,8-10,12H2,1H3. The molecule has 1 fully saturated rings. The smallest absolute Gasteiger partial charge is 0.0708 e. The number of fused-ring (bicyclic) bond motifs is 1. The lowest BCUT2D eigenvalue weighted by Gasteiger charge is -2.12. The van der Waals surface area contributed by atoms with Crippen LogP contribution in [0.15, 0.2) is 30.3 Å². The van der Waals surface area contributed by atoms with E-state index in [4.69, 9.17) is 4.74 Å². The number of pyridine rings is 1. The van der Waals surface area contributed by atoms with Crippen LogP contribution in [0.5, 0.6) is 0 Å². The van der Waals surface area contributed by atoms with Gasteiger partial charge in [-0.25, -0.2) is 0 Å². The zero-order chi connectivity index (χ0) is 13.8. The lowest BCUT2D eigenvalue weighted by Crippen LogP contribution is -2.20. The van der Waals surface area contributed by atoms with Gasteiger partial charge in [0, 0.05) is 24.2 Å². The minimum atomic E-state index is 0.471. The summed E-state index contributed by atoms with van der Waals surface area (Å²) in [4.78, 5) is 4.58. The predicted molar refractivity (Wildman–Crippen MR) is 81.8 cm³/mol. The number of nitrogens with zero attached hydrogens (tertiary/aromatic N) is 1. The molecule has 0 aliphatic carbocycles. The molecule has 0 saturated carbocycles. The molecule has 1 aliphatic rings. The first-order valence-electron chi connectivity index (χ1n) is 7.50. The van der Waals surface area contributed by atoms with Gasteiger partial charge in [0.15, 0.2) is 0 Å². The van der Waals surface area contributed by atoms with E-state index in [0.29, 0.717) is 6.10 Å². The Morgan fingerprint density at radius 2 is 2.25 bits per heavy atom. The van der Waals surface area contributed by atoms with Crippen molar-refractivity contribution in [1.82, 2.24) is 10.3 Å². The van der Waals surface area contributed by atoms with E-state index in [1.54, 1.807) is 0 Å². The van der Waals surface area contributed by atoms with Gasteiger partial charge in [0.1, 0.15) is 0 Å². The quantitative estimate of drug-likeness (QED) is 0.847. The van der Waals surface area contributed by atoms with Gasteiger partial charge in [0.25, 0.3) is 0 Å². The van der Waals surface area contributed by atoms with Crippen LogP contribution in [0, 0.1) is 6.92 Å². The average Bonchev–Trinajstić information content (AvgIpc) is 2.96. The van der Waals surface area contributed by atoms with Crippen molar-refractivity contribution >= 4 is 10.9 Å². The largest absolute Gasteiger partial charge is 0.378 e. The maximum Gasteiger partial charge on any atom is 0.0708 e. The summed E-state index contributed by atoms with van der Waals surface area (Å²) in [6, 6.07) is 10.5. The lowest BCUT2D eigenvalue weighted by molar-refractivity contribution is 0.104. The minimum absolute atomic E-state index is 0.471. The number of nitrogens with one attached hydrogen (secondary N) is 1. The first-order chi connectivity index (χ1) is 9.83. The molecule has 1 saturated heterocycles. The Labute approximate surface area is 120 Å². The molecular weight excluding hydrogens is 248 g/mol. The summed E-state index contributed by atoms with van der Waals surface area (Å²) in [5.74, 6) is 0. The van der Waals surface area contributed by atoms with Gasteiger partial charge >= 0.3 is 0 Å². The molecular formula is C17H22N2O. The number of hydrogen-bond acceptors (Lipinski definition) is 3. The van der Waals surface area contributed by atoms with Crippen LogP contribution in [0.4, 0.5) is 0 Å². The van der Waals surface area contributed by atoms with E-state index in [9.17, 15) is 0 Å². The minimum Gasteiger partial charge on any atom is -0.378 e. The summed E-state index contributed by atoms with van der Waals surface area (Å²) in [5.41, 5.74) is 3.50. The summed E-state index contributed by atoms with van der Waals surface area (Å²) in [6.07, 6.45) is 4.03. The van der Waals surface area contributed by atoms with Crippen molar-refractivity contribution in [2.75, 3.05) is 13.2 Å². The molecule has 3 nitrogen and oxygen atoms in total. The van der Waals surface area contributed by atoms with Crippen molar-refractivity contribution in [3.63, 3.8) is 0 Å². The maximum atomic E-state index is 5.64. The van der Waals surface area contributed by atoms with Crippen LogP contribution in [0.1, 0.15) is 30.5 Å². The van der Waals surface area contributed by atoms with Crippen molar-refractivity contribution in [3.8, 4) is 0 Å². The molecule has 1 aliphatic heterocycles. The first kappa shape index (κ1) is 13.5. The molecule has 3 heteroatoms. The zero-order valence-electron chi connectivity index (χ0n) is 12.1. The van der Waals surface area contributed by atoms with E-state index in [-0.39, 0.29) is 0 Å². The van der Waals surface area contributed by atoms with Gasteiger partial charge in [0.2, 0.25) is 0 Å². The molecule has 3 rings (SSSR count). The van der Waals surface area contributed by atoms with Gasteiger partial charge in [-0.15, -0.1) is 0 Å². The van der Waals surface area contributed by atoms with Crippen LogP contribution >= 0.6 is 0 Å². The van der Waals surface area contributed by atoms with Gasteiger partial charge < -0.3 is 10.1 Å². The number of aryl methyl sites for hydroxylation is 1. The summed E-state index contributed by atoms with van der Waals surface area (Å²) in [7, 11) is 0. The third kappa shape index (κ3) is 3.17. The van der Waals surface area contributed by atoms with Crippen LogP contribution in [0.2, 0.25) is 0 Å². The molecule has 2 aromatic rings. The summed E-state index contributed by atoms with van der Waals surface area (Å²) < 4.78 is 5.64. The van der Waals surface area contributed by atoms with Gasteiger partial charge in [-0.3, -0.25) is 4.98 Å². The highest BCUT2D eigenvalue weighted by Crippen LogP contribution is 2.18. The number of rotatable bonds is 5. The summed E-state index contributed by atoms with van der Waals surface area (Å²) in [6.45, 7) is 4.91. The van der Waals surface area contributed by atoms with Gasteiger partial charge in [-0.05, 0) is 50.4 Å². The van der Waals surface area contributed by atoms with Crippen LogP contribution < -0.4 is 5.32 Å². The Bertz CT molecular complexity index is 576. The summed E-state index contributed by atoms with van der Waals surface area (Å²) >= 11 is 0. The van der Waals surface area contributed by atoms with E-state index in [1.807, 2.05) is 6.07 Å².